The van der Waals surface area contributed by atoms with Crippen molar-refractivity contribution in [3.05, 3.63) is 29.8 Å². The Kier molecular flexibility index (Phi) is 6.69. The molecular weight excluding hydrogens is 264 g/mol. The summed E-state index contributed by atoms with van der Waals surface area (Å²) in [6.07, 6.45) is 2.34. The normalized spacial score (nSPS) is 13.0. The zero-order valence-corrected chi connectivity index (χ0v) is 13.4. The number of phenols is 1. The van der Waals surface area contributed by atoms with Crippen LogP contribution in [0.1, 0.15) is 45.6 Å². The summed E-state index contributed by atoms with van der Waals surface area (Å²) in [5.74, 6) is 0.760. The van der Waals surface area contributed by atoms with Crippen molar-refractivity contribution in [2.45, 2.75) is 46.6 Å². The molecule has 0 radical (unpaired) electrons. The fourth-order valence-electron chi connectivity index (χ4n) is 2.42. The van der Waals surface area contributed by atoms with E-state index in [-0.39, 0.29) is 17.1 Å². The van der Waals surface area contributed by atoms with Crippen LogP contribution in [0.5, 0.6) is 5.75 Å². The number of carbonyl (C=O) groups is 1. The van der Waals surface area contributed by atoms with Gasteiger partial charge >= 0.3 is 0 Å². The van der Waals surface area contributed by atoms with Gasteiger partial charge < -0.3 is 16.2 Å². The van der Waals surface area contributed by atoms with Gasteiger partial charge in [0.1, 0.15) is 5.75 Å². The van der Waals surface area contributed by atoms with E-state index < -0.39 is 0 Å². The lowest BCUT2D eigenvalue weighted by Gasteiger charge is -2.30. The van der Waals surface area contributed by atoms with E-state index in [1.54, 1.807) is 12.1 Å². The third-order valence-electron chi connectivity index (χ3n) is 3.89. The minimum Gasteiger partial charge on any atom is -0.508 e. The first-order chi connectivity index (χ1) is 9.82. The van der Waals surface area contributed by atoms with Crippen molar-refractivity contribution >= 4 is 5.91 Å². The Labute approximate surface area is 127 Å². The highest BCUT2D eigenvalue weighted by Gasteiger charge is 2.24. The summed E-state index contributed by atoms with van der Waals surface area (Å²) in [6, 6.07) is 6.86. The minimum absolute atomic E-state index is 0.0642. The maximum Gasteiger partial charge on any atom is 0.220 e. The summed E-state index contributed by atoms with van der Waals surface area (Å²) < 4.78 is 0. The fourth-order valence-corrected chi connectivity index (χ4v) is 2.42. The van der Waals surface area contributed by atoms with Gasteiger partial charge in [-0.2, -0.15) is 0 Å². The van der Waals surface area contributed by atoms with Crippen LogP contribution in [0.4, 0.5) is 0 Å². The summed E-state index contributed by atoms with van der Waals surface area (Å²) in [5.41, 5.74) is 6.82. The Bertz CT molecular complexity index is 435. The first-order valence-electron chi connectivity index (χ1n) is 7.57. The highest BCUT2D eigenvalue weighted by molar-refractivity contribution is 5.75. The molecular formula is C17H28N2O2. The summed E-state index contributed by atoms with van der Waals surface area (Å²) in [5, 5.41) is 12.1. The number of aromatic hydroxyl groups is 1. The molecule has 0 heterocycles. The van der Waals surface area contributed by atoms with E-state index >= 15 is 0 Å². The van der Waals surface area contributed by atoms with Crippen LogP contribution in [0.3, 0.4) is 0 Å². The van der Waals surface area contributed by atoms with Crippen LogP contribution >= 0.6 is 0 Å². The molecule has 1 rings (SSSR count). The number of hydrogen-bond donors (Lipinski definition) is 3. The number of rotatable bonds is 7. The first kappa shape index (κ1) is 17.5. The summed E-state index contributed by atoms with van der Waals surface area (Å²) in [4.78, 5) is 11.9. The van der Waals surface area contributed by atoms with Crippen LogP contribution in [0, 0.1) is 11.3 Å². The van der Waals surface area contributed by atoms with Gasteiger partial charge in [0.05, 0.1) is 0 Å². The number of hydrogen-bond acceptors (Lipinski definition) is 3. The van der Waals surface area contributed by atoms with Gasteiger partial charge in [0.15, 0.2) is 0 Å². The van der Waals surface area contributed by atoms with E-state index in [1.807, 2.05) is 12.1 Å². The molecule has 0 aliphatic heterocycles. The number of nitrogens with two attached hydrogens (primary N) is 1. The molecule has 0 aromatic heterocycles. The molecule has 4 heteroatoms. The molecule has 1 amide bonds. The maximum absolute atomic E-state index is 11.9. The van der Waals surface area contributed by atoms with Gasteiger partial charge in [0.2, 0.25) is 5.91 Å². The molecule has 4 N–H and O–H groups in total. The second kappa shape index (κ2) is 8.03. The zero-order valence-electron chi connectivity index (χ0n) is 13.4. The second-order valence-corrected chi connectivity index (χ2v) is 6.62. The second-order valence-electron chi connectivity index (χ2n) is 6.62. The van der Waals surface area contributed by atoms with Crippen molar-refractivity contribution in [1.82, 2.24) is 5.32 Å². The predicted molar refractivity (Wildman–Crippen MR) is 85.8 cm³/mol. The molecule has 0 saturated heterocycles. The van der Waals surface area contributed by atoms with Crippen LogP contribution < -0.4 is 11.1 Å². The molecule has 1 atom stereocenters. The predicted octanol–water partition coefficient (Wildman–Crippen LogP) is 2.80. The van der Waals surface area contributed by atoms with Crippen LogP contribution in [0.25, 0.3) is 0 Å². The third-order valence-corrected chi connectivity index (χ3v) is 3.89. The standard InChI is InChI=1S/C17H28N2O2/c1-17(2,3)14(10-11-18)6-9-16(21)19-12-13-4-7-15(20)8-5-13/h4-5,7-8,14,20H,6,9-12,18H2,1-3H3,(H,19,21). The molecule has 0 bridgehead atoms. The summed E-state index contributed by atoms with van der Waals surface area (Å²) in [6.45, 7) is 7.75. The monoisotopic (exact) mass is 292 g/mol. The lowest BCUT2D eigenvalue weighted by molar-refractivity contribution is -0.121. The number of benzene rings is 1. The molecule has 0 aliphatic rings. The topological polar surface area (TPSA) is 75.4 Å². The molecule has 1 unspecified atom stereocenters. The highest BCUT2D eigenvalue weighted by Crippen LogP contribution is 2.31. The summed E-state index contributed by atoms with van der Waals surface area (Å²) >= 11 is 0. The molecule has 0 spiro atoms. The minimum atomic E-state index is 0.0642. The zero-order chi connectivity index (χ0) is 15.9. The van der Waals surface area contributed by atoms with Crippen LogP contribution in [-0.4, -0.2) is 17.6 Å². The van der Waals surface area contributed by atoms with Crippen LogP contribution in [0.2, 0.25) is 0 Å². The quantitative estimate of drug-likeness (QED) is 0.723. The van der Waals surface area contributed by atoms with E-state index in [0.717, 1.165) is 18.4 Å². The van der Waals surface area contributed by atoms with E-state index in [4.69, 9.17) is 5.73 Å². The van der Waals surface area contributed by atoms with Crippen molar-refractivity contribution < 1.29 is 9.90 Å². The first-order valence-corrected chi connectivity index (χ1v) is 7.57. The summed E-state index contributed by atoms with van der Waals surface area (Å²) in [7, 11) is 0. The average Bonchev–Trinajstić information content (AvgIpc) is 2.41. The van der Waals surface area contributed by atoms with E-state index in [1.165, 1.54) is 0 Å². The molecule has 4 nitrogen and oxygen atoms in total. The van der Waals surface area contributed by atoms with Crippen molar-refractivity contribution in [3.63, 3.8) is 0 Å². The lowest BCUT2D eigenvalue weighted by atomic mass is 9.76. The third kappa shape index (κ3) is 6.63. The van der Waals surface area contributed by atoms with Crippen molar-refractivity contribution in [2.24, 2.45) is 17.1 Å². The number of carbonyl (C=O) groups excluding carboxylic acids is 1. The van der Waals surface area contributed by atoms with Crippen LogP contribution in [-0.2, 0) is 11.3 Å². The Morgan fingerprint density at radius 2 is 1.86 bits per heavy atom. The molecule has 118 valence electrons. The van der Waals surface area contributed by atoms with Gasteiger partial charge in [0.25, 0.3) is 0 Å². The Morgan fingerprint density at radius 1 is 1.24 bits per heavy atom. The van der Waals surface area contributed by atoms with Gasteiger partial charge in [-0.25, -0.2) is 0 Å². The molecule has 0 fully saturated rings. The smallest absolute Gasteiger partial charge is 0.220 e. The van der Waals surface area contributed by atoms with Gasteiger partial charge in [-0.3, -0.25) is 4.79 Å². The van der Waals surface area contributed by atoms with Crippen molar-refractivity contribution in [1.29, 1.82) is 0 Å². The molecule has 1 aromatic rings. The Balaban J connectivity index is 2.37. The largest absolute Gasteiger partial charge is 0.508 e. The number of amides is 1. The Hall–Kier alpha value is -1.55. The number of nitrogens with one attached hydrogen (secondary N) is 1. The van der Waals surface area contributed by atoms with Crippen molar-refractivity contribution in [3.8, 4) is 5.75 Å². The van der Waals surface area contributed by atoms with E-state index in [2.05, 4.69) is 26.1 Å². The van der Waals surface area contributed by atoms with Gasteiger partial charge in [-0.1, -0.05) is 32.9 Å². The lowest BCUT2D eigenvalue weighted by Crippen LogP contribution is -2.27. The maximum atomic E-state index is 11.9. The van der Waals surface area contributed by atoms with Gasteiger partial charge in [-0.15, -0.1) is 0 Å². The molecule has 0 saturated carbocycles. The SMILES string of the molecule is CC(C)(C)C(CCN)CCC(=O)NCc1ccc(O)cc1. The van der Waals surface area contributed by atoms with E-state index in [0.29, 0.717) is 25.4 Å². The highest BCUT2D eigenvalue weighted by atomic mass is 16.3. The van der Waals surface area contributed by atoms with Gasteiger partial charge in [-0.05, 0) is 48.4 Å². The number of phenolic OH excluding ortho intramolecular Hbond substituents is 1. The molecule has 21 heavy (non-hydrogen) atoms. The average molecular weight is 292 g/mol. The van der Waals surface area contributed by atoms with E-state index in [9.17, 15) is 9.90 Å². The van der Waals surface area contributed by atoms with Crippen molar-refractivity contribution in [2.75, 3.05) is 6.54 Å². The van der Waals surface area contributed by atoms with Gasteiger partial charge in [0, 0.05) is 13.0 Å². The fraction of sp³-hybridized carbons (Fsp3) is 0.588. The Morgan fingerprint density at radius 3 is 2.38 bits per heavy atom. The molecule has 0 aliphatic carbocycles. The molecule has 1 aromatic carbocycles. The van der Waals surface area contributed by atoms with Crippen LogP contribution in [0.15, 0.2) is 24.3 Å².